The van der Waals surface area contributed by atoms with Gasteiger partial charge in [-0.25, -0.2) is 0 Å². The highest BCUT2D eigenvalue weighted by atomic mass is 16.7. The largest absolute Gasteiger partial charge is 0.481 e. The molecule has 1 N–H and O–H groups in total. The van der Waals surface area contributed by atoms with E-state index in [1.54, 1.807) is 0 Å². The third-order valence-electron chi connectivity index (χ3n) is 13.2. The van der Waals surface area contributed by atoms with Crippen molar-refractivity contribution in [2.45, 2.75) is 155 Å². The summed E-state index contributed by atoms with van der Waals surface area (Å²) in [5.74, 6) is 1.92. The van der Waals surface area contributed by atoms with Crippen LogP contribution in [-0.2, 0) is 23.7 Å². The van der Waals surface area contributed by atoms with Gasteiger partial charge >= 0.3 is 5.97 Å². The predicted octanol–water partition coefficient (Wildman–Crippen LogP) is 8.53. The highest BCUT2D eigenvalue weighted by Crippen LogP contribution is 2.68. The van der Waals surface area contributed by atoms with Crippen molar-refractivity contribution >= 4 is 5.97 Å². The molecule has 6 heteroatoms. The third kappa shape index (κ3) is 6.38. The number of hydrogen-bond donors (Lipinski definition) is 1. The monoisotopic (exact) mass is 600 g/mol. The summed E-state index contributed by atoms with van der Waals surface area (Å²) >= 11 is 0. The Morgan fingerprint density at radius 2 is 1.67 bits per heavy atom. The van der Waals surface area contributed by atoms with E-state index in [4.69, 9.17) is 18.9 Å². The van der Waals surface area contributed by atoms with E-state index in [1.165, 1.54) is 31.3 Å². The van der Waals surface area contributed by atoms with Crippen molar-refractivity contribution in [2.24, 2.45) is 46.3 Å². The van der Waals surface area contributed by atoms with E-state index in [0.717, 1.165) is 90.3 Å². The molecule has 0 bridgehead atoms. The van der Waals surface area contributed by atoms with E-state index in [2.05, 4.69) is 33.8 Å². The number of carboxylic acids is 1. The topological polar surface area (TPSA) is 74.2 Å². The van der Waals surface area contributed by atoms with E-state index in [-0.39, 0.29) is 41.5 Å². The van der Waals surface area contributed by atoms with Crippen LogP contribution in [0, 0.1) is 46.3 Å². The number of rotatable bonds is 10. The first-order valence-corrected chi connectivity index (χ1v) is 18.2. The number of carboxylic acid groups (broad SMARTS) is 1. The molecule has 2 unspecified atom stereocenters. The lowest BCUT2D eigenvalue weighted by molar-refractivity contribution is -0.248. The van der Waals surface area contributed by atoms with E-state index < -0.39 is 5.97 Å². The van der Waals surface area contributed by atoms with Crippen LogP contribution in [0.4, 0.5) is 0 Å². The van der Waals surface area contributed by atoms with Gasteiger partial charge in [0.15, 0.2) is 12.6 Å². The quantitative estimate of drug-likeness (QED) is 0.253. The zero-order valence-corrected chi connectivity index (χ0v) is 27.6. The van der Waals surface area contributed by atoms with Crippen LogP contribution in [0.5, 0.6) is 0 Å². The molecule has 2 aliphatic heterocycles. The predicted molar refractivity (Wildman–Crippen MR) is 167 cm³/mol. The van der Waals surface area contributed by atoms with Crippen molar-refractivity contribution in [3.8, 4) is 0 Å². The minimum absolute atomic E-state index is 0.0279. The lowest BCUT2D eigenvalue weighted by atomic mass is 9.46. The standard InChI is InChI=1S/C37H60O6/c1-24(2)10-9-11-28(35(38)39)30-17-16-29-27-15-14-25-22-26(42-33-12-5-7-20-40-33)23-32(43-34-13-6-8-21-41-34)37(25,4)31(27)18-19-36(29,30)3/h14,24,26-34H,5-13,15-23H2,1-4H3,(H,38,39)/t26-,27+,28-,29+,30-,31+,32+,33?,34?,36+,37+/m1/s1. The van der Waals surface area contributed by atoms with Crippen LogP contribution < -0.4 is 0 Å². The van der Waals surface area contributed by atoms with Crippen molar-refractivity contribution in [1.29, 1.82) is 0 Å². The zero-order valence-electron chi connectivity index (χ0n) is 27.6. The van der Waals surface area contributed by atoms with Gasteiger partial charge in [0.2, 0.25) is 0 Å². The molecule has 2 saturated heterocycles. The maximum Gasteiger partial charge on any atom is 0.306 e. The molecule has 11 atom stereocenters. The molecular weight excluding hydrogens is 540 g/mol. The number of aliphatic carboxylic acids is 1. The fraction of sp³-hybridized carbons (Fsp3) is 0.919. The minimum Gasteiger partial charge on any atom is -0.481 e. The fourth-order valence-electron chi connectivity index (χ4n) is 10.9. The molecule has 5 fully saturated rings. The molecule has 0 amide bonds. The van der Waals surface area contributed by atoms with Gasteiger partial charge in [-0.05, 0) is 118 Å². The van der Waals surface area contributed by atoms with E-state index in [9.17, 15) is 9.90 Å². The first-order chi connectivity index (χ1) is 20.7. The molecular formula is C37H60O6. The number of fused-ring (bicyclic) bond motifs is 5. The molecule has 6 nitrogen and oxygen atoms in total. The van der Waals surface area contributed by atoms with Crippen LogP contribution in [0.2, 0.25) is 0 Å². The lowest BCUT2D eigenvalue weighted by Crippen LogP contribution is -2.57. The summed E-state index contributed by atoms with van der Waals surface area (Å²) in [6.07, 6.45) is 19.7. The smallest absolute Gasteiger partial charge is 0.306 e. The molecule has 0 aromatic carbocycles. The Morgan fingerprint density at radius 3 is 2.33 bits per heavy atom. The molecule has 0 aromatic rings. The van der Waals surface area contributed by atoms with Crippen molar-refractivity contribution in [3.63, 3.8) is 0 Å². The van der Waals surface area contributed by atoms with Gasteiger partial charge in [-0.3, -0.25) is 4.79 Å². The van der Waals surface area contributed by atoms with Crippen LogP contribution in [0.3, 0.4) is 0 Å². The second-order valence-corrected chi connectivity index (χ2v) is 16.0. The number of carbonyl (C=O) groups is 1. The Morgan fingerprint density at radius 1 is 0.953 bits per heavy atom. The second kappa shape index (κ2) is 13.4. The van der Waals surface area contributed by atoms with Gasteiger partial charge in [0.25, 0.3) is 0 Å². The van der Waals surface area contributed by atoms with Gasteiger partial charge in [0.1, 0.15) is 0 Å². The number of hydrogen-bond acceptors (Lipinski definition) is 5. The molecule has 43 heavy (non-hydrogen) atoms. The van der Waals surface area contributed by atoms with Crippen LogP contribution >= 0.6 is 0 Å². The fourth-order valence-corrected chi connectivity index (χ4v) is 10.9. The second-order valence-electron chi connectivity index (χ2n) is 16.0. The average Bonchev–Trinajstić information content (AvgIpc) is 3.33. The van der Waals surface area contributed by atoms with Crippen molar-refractivity contribution in [1.82, 2.24) is 0 Å². The van der Waals surface area contributed by atoms with Crippen LogP contribution in [-0.4, -0.2) is 49.1 Å². The molecule has 3 saturated carbocycles. The third-order valence-corrected chi connectivity index (χ3v) is 13.2. The molecule has 6 rings (SSSR count). The Labute approximate surface area is 261 Å². The number of ether oxygens (including phenoxy) is 4. The lowest BCUT2D eigenvalue weighted by Gasteiger charge is -2.60. The SMILES string of the molecule is CC(C)CCC[C@@H](C(=O)O)[C@H]1CC[C@H]2[C@@H]3CC=C4C[C@@H](OC5CCCCO5)C[C@H](OC5CCCCO5)[C@]4(C)[C@H]3CC[C@]12C. The molecule has 2 heterocycles. The highest BCUT2D eigenvalue weighted by molar-refractivity contribution is 5.70. The zero-order chi connectivity index (χ0) is 30.2. The molecule has 6 aliphatic rings. The molecule has 4 aliphatic carbocycles. The first-order valence-electron chi connectivity index (χ1n) is 18.2. The van der Waals surface area contributed by atoms with Gasteiger partial charge in [0, 0.05) is 25.0 Å². The maximum atomic E-state index is 12.6. The van der Waals surface area contributed by atoms with Gasteiger partial charge < -0.3 is 24.1 Å². The Hall–Kier alpha value is -0.950. The first kappa shape index (κ1) is 32.0. The maximum absolute atomic E-state index is 12.6. The summed E-state index contributed by atoms with van der Waals surface area (Å²) < 4.78 is 25.8. The van der Waals surface area contributed by atoms with Gasteiger partial charge in [0.05, 0.1) is 18.1 Å². The summed E-state index contributed by atoms with van der Waals surface area (Å²) in [5, 5.41) is 10.4. The highest BCUT2D eigenvalue weighted by Gasteiger charge is 2.62. The molecule has 0 spiro atoms. The summed E-state index contributed by atoms with van der Waals surface area (Å²) in [5.41, 5.74) is 1.63. The summed E-state index contributed by atoms with van der Waals surface area (Å²) in [7, 11) is 0. The average molecular weight is 601 g/mol. The van der Waals surface area contributed by atoms with Gasteiger partial charge in [-0.15, -0.1) is 0 Å². The number of allylic oxidation sites excluding steroid dienone is 1. The summed E-state index contributed by atoms with van der Waals surface area (Å²) in [4.78, 5) is 12.6. The van der Waals surface area contributed by atoms with Crippen LogP contribution in [0.15, 0.2) is 11.6 Å². The normalized spacial score (nSPS) is 43.8. The van der Waals surface area contributed by atoms with Crippen LogP contribution in [0.25, 0.3) is 0 Å². The molecule has 0 radical (unpaired) electrons. The summed E-state index contributed by atoms with van der Waals surface area (Å²) in [6, 6.07) is 0. The van der Waals surface area contributed by atoms with Crippen LogP contribution in [0.1, 0.15) is 130 Å². The minimum atomic E-state index is -0.559. The van der Waals surface area contributed by atoms with Gasteiger partial charge in [-0.1, -0.05) is 52.2 Å². The van der Waals surface area contributed by atoms with Crippen molar-refractivity contribution in [3.05, 3.63) is 11.6 Å². The Kier molecular flexibility index (Phi) is 9.99. The Balaban J connectivity index is 1.23. The molecule has 244 valence electrons. The Bertz CT molecular complexity index is 982. The molecule has 0 aromatic heterocycles. The van der Waals surface area contributed by atoms with E-state index >= 15 is 0 Å². The van der Waals surface area contributed by atoms with Gasteiger partial charge in [-0.2, -0.15) is 0 Å². The summed E-state index contributed by atoms with van der Waals surface area (Å²) in [6.45, 7) is 11.1. The van der Waals surface area contributed by atoms with Crippen molar-refractivity contribution in [2.75, 3.05) is 13.2 Å². The van der Waals surface area contributed by atoms with E-state index in [0.29, 0.717) is 29.6 Å². The van der Waals surface area contributed by atoms with E-state index in [1.807, 2.05) is 0 Å². The van der Waals surface area contributed by atoms with Crippen molar-refractivity contribution < 1.29 is 28.8 Å².